The molecular weight excluding hydrogens is 481 g/mol. The molecule has 1 saturated carbocycles. The van der Waals surface area contributed by atoms with Crippen LogP contribution in [0.4, 0.5) is 4.39 Å². The largest absolute Gasteiger partial charge is 0.460 e. The number of carbonyl (C=O) groups is 3. The molecule has 8 heteroatoms. The van der Waals surface area contributed by atoms with E-state index in [2.05, 4.69) is 21.2 Å². The zero-order valence-corrected chi connectivity index (χ0v) is 18.9. The lowest BCUT2D eigenvalue weighted by Crippen LogP contribution is -2.47. The molecule has 1 fully saturated rings. The van der Waals surface area contributed by atoms with Crippen molar-refractivity contribution in [1.82, 2.24) is 5.32 Å². The molecule has 1 amide bonds. The van der Waals surface area contributed by atoms with Gasteiger partial charge in [-0.15, -0.1) is 0 Å². The quantitative estimate of drug-likeness (QED) is 0.371. The molecule has 0 saturated heterocycles. The molecule has 2 aliphatic rings. The molecule has 1 heterocycles. The van der Waals surface area contributed by atoms with Gasteiger partial charge in [-0.2, -0.15) is 0 Å². The van der Waals surface area contributed by atoms with Crippen LogP contribution in [0.3, 0.4) is 0 Å². The molecule has 4 rings (SSSR count). The van der Waals surface area contributed by atoms with Crippen LogP contribution in [0.25, 0.3) is 0 Å². The first kappa shape index (κ1) is 22.5. The van der Waals surface area contributed by atoms with Crippen molar-refractivity contribution in [2.75, 3.05) is 0 Å². The minimum absolute atomic E-state index is 0.0145. The van der Waals surface area contributed by atoms with Crippen molar-refractivity contribution in [2.45, 2.75) is 50.7 Å². The number of carbonyl (C=O) groups excluding carboxylic acids is 3. The van der Waals surface area contributed by atoms with E-state index in [4.69, 9.17) is 9.47 Å². The zero-order valence-electron chi connectivity index (χ0n) is 17.3. The summed E-state index contributed by atoms with van der Waals surface area (Å²) in [5, 5.41) is 3.02. The maximum atomic E-state index is 13.3. The van der Waals surface area contributed by atoms with E-state index in [1.807, 2.05) is 0 Å². The first-order valence-electron chi connectivity index (χ1n) is 10.6. The predicted octanol–water partition coefficient (Wildman–Crippen LogP) is 4.40. The van der Waals surface area contributed by atoms with Gasteiger partial charge in [0.1, 0.15) is 18.2 Å². The number of esters is 2. The fourth-order valence-corrected chi connectivity index (χ4v) is 4.61. The third kappa shape index (κ3) is 5.01. The van der Waals surface area contributed by atoms with Gasteiger partial charge < -0.3 is 14.8 Å². The summed E-state index contributed by atoms with van der Waals surface area (Å²) in [6.07, 6.45) is 4.93. The topological polar surface area (TPSA) is 81.7 Å². The molecule has 2 aromatic rings. The van der Waals surface area contributed by atoms with Gasteiger partial charge in [0.25, 0.3) is 0 Å². The fraction of sp³-hybridized carbons (Fsp3) is 0.375. The Labute approximate surface area is 193 Å². The zero-order chi connectivity index (χ0) is 22.7. The second-order valence-electron chi connectivity index (χ2n) is 8.14. The molecule has 32 heavy (non-hydrogen) atoms. The molecule has 6 nitrogen and oxygen atoms in total. The number of halogens is 2. The highest BCUT2D eigenvalue weighted by atomic mass is 79.9. The van der Waals surface area contributed by atoms with Gasteiger partial charge >= 0.3 is 11.9 Å². The molecule has 1 aliphatic carbocycles. The van der Waals surface area contributed by atoms with E-state index in [1.165, 1.54) is 24.3 Å². The molecule has 0 spiro atoms. The SMILES string of the molecule is O=C(OCc1ccc(F)cc1)C1C(=O)Oc2ccc(Br)cc2C1C(=O)NC1CCCCC1. The number of amides is 1. The lowest BCUT2D eigenvalue weighted by molar-refractivity contribution is -0.162. The van der Waals surface area contributed by atoms with E-state index >= 15 is 0 Å². The Morgan fingerprint density at radius 3 is 2.50 bits per heavy atom. The standard InChI is InChI=1S/C24H23BrFNO5/c25-15-8-11-19-18(12-15)20(22(28)27-17-4-2-1-3-5-17)21(24(30)32-19)23(29)31-13-14-6-9-16(26)10-7-14/h6-12,17,20-21H,1-5,13H2,(H,27,28). The van der Waals surface area contributed by atoms with Crippen LogP contribution in [0.1, 0.15) is 49.1 Å². The average molecular weight is 504 g/mol. The Bertz CT molecular complexity index is 1020. The van der Waals surface area contributed by atoms with Gasteiger partial charge in [0.05, 0.1) is 5.92 Å². The van der Waals surface area contributed by atoms with Crippen LogP contribution in [0.2, 0.25) is 0 Å². The summed E-state index contributed by atoms with van der Waals surface area (Å²) in [7, 11) is 0. The first-order valence-corrected chi connectivity index (χ1v) is 11.4. The highest BCUT2D eigenvalue weighted by Crippen LogP contribution is 2.40. The van der Waals surface area contributed by atoms with Gasteiger partial charge in [0.15, 0.2) is 5.92 Å². The number of fused-ring (bicyclic) bond motifs is 1. The van der Waals surface area contributed by atoms with Crippen molar-refractivity contribution >= 4 is 33.8 Å². The summed E-state index contributed by atoms with van der Waals surface area (Å²) in [6.45, 7) is -0.148. The number of hydrogen-bond acceptors (Lipinski definition) is 5. The van der Waals surface area contributed by atoms with Crippen LogP contribution >= 0.6 is 15.9 Å². The normalized spacial score (nSPS) is 20.8. The van der Waals surface area contributed by atoms with Crippen LogP contribution in [0.15, 0.2) is 46.9 Å². The van der Waals surface area contributed by atoms with Gasteiger partial charge in [0, 0.05) is 16.1 Å². The van der Waals surface area contributed by atoms with Crippen molar-refractivity contribution in [2.24, 2.45) is 5.92 Å². The van der Waals surface area contributed by atoms with Crippen molar-refractivity contribution in [3.63, 3.8) is 0 Å². The third-order valence-corrected chi connectivity index (χ3v) is 6.38. The highest BCUT2D eigenvalue weighted by Gasteiger charge is 2.48. The minimum atomic E-state index is -1.43. The van der Waals surface area contributed by atoms with E-state index in [-0.39, 0.29) is 18.4 Å². The molecule has 0 radical (unpaired) electrons. The predicted molar refractivity (Wildman–Crippen MR) is 117 cm³/mol. The summed E-state index contributed by atoms with van der Waals surface area (Å²) in [5.74, 6) is -4.72. The van der Waals surface area contributed by atoms with Gasteiger partial charge in [-0.25, -0.2) is 4.39 Å². The number of rotatable bonds is 5. The second-order valence-corrected chi connectivity index (χ2v) is 9.05. The lowest BCUT2D eigenvalue weighted by Gasteiger charge is -2.32. The van der Waals surface area contributed by atoms with Crippen molar-refractivity contribution in [3.8, 4) is 5.75 Å². The van der Waals surface area contributed by atoms with Crippen LogP contribution in [0, 0.1) is 11.7 Å². The molecule has 0 aromatic heterocycles. The Hall–Kier alpha value is -2.74. The molecule has 2 aromatic carbocycles. The Kier molecular flexibility index (Phi) is 6.89. The van der Waals surface area contributed by atoms with Gasteiger partial charge in [-0.3, -0.25) is 14.4 Å². The summed E-state index contributed by atoms with van der Waals surface area (Å²) >= 11 is 3.39. The monoisotopic (exact) mass is 503 g/mol. The number of benzene rings is 2. The van der Waals surface area contributed by atoms with Crippen molar-refractivity contribution < 1.29 is 28.2 Å². The maximum Gasteiger partial charge on any atom is 0.326 e. The van der Waals surface area contributed by atoms with E-state index in [1.54, 1.807) is 18.2 Å². The minimum Gasteiger partial charge on any atom is -0.460 e. The van der Waals surface area contributed by atoms with Crippen molar-refractivity contribution in [1.29, 1.82) is 0 Å². The van der Waals surface area contributed by atoms with Crippen LogP contribution in [-0.4, -0.2) is 23.9 Å². The molecule has 1 N–H and O–H groups in total. The lowest BCUT2D eigenvalue weighted by atomic mass is 9.82. The van der Waals surface area contributed by atoms with Crippen molar-refractivity contribution in [3.05, 3.63) is 63.9 Å². The molecule has 2 atom stereocenters. The van der Waals surface area contributed by atoms with E-state index in [0.717, 1.165) is 32.1 Å². The fourth-order valence-electron chi connectivity index (χ4n) is 4.23. The van der Waals surface area contributed by atoms with Gasteiger partial charge in [-0.05, 0) is 48.7 Å². The second kappa shape index (κ2) is 9.81. The van der Waals surface area contributed by atoms with Crippen LogP contribution in [-0.2, 0) is 25.7 Å². The maximum absolute atomic E-state index is 13.3. The van der Waals surface area contributed by atoms with Gasteiger partial charge in [0.2, 0.25) is 5.91 Å². The average Bonchev–Trinajstić information content (AvgIpc) is 2.78. The molecule has 1 aliphatic heterocycles. The number of ether oxygens (including phenoxy) is 2. The highest BCUT2D eigenvalue weighted by molar-refractivity contribution is 9.10. The summed E-state index contributed by atoms with van der Waals surface area (Å²) in [6, 6.07) is 10.5. The van der Waals surface area contributed by atoms with E-state index in [9.17, 15) is 18.8 Å². The Morgan fingerprint density at radius 2 is 1.78 bits per heavy atom. The molecule has 0 bridgehead atoms. The molecule has 168 valence electrons. The smallest absolute Gasteiger partial charge is 0.326 e. The third-order valence-electron chi connectivity index (χ3n) is 5.89. The van der Waals surface area contributed by atoms with E-state index in [0.29, 0.717) is 15.6 Å². The molecule has 2 unspecified atom stereocenters. The van der Waals surface area contributed by atoms with E-state index < -0.39 is 35.5 Å². The molecular formula is C24H23BrFNO5. The Balaban J connectivity index is 1.58. The summed E-state index contributed by atoms with van der Waals surface area (Å²) < 4.78 is 24.5. The van der Waals surface area contributed by atoms with Gasteiger partial charge in [-0.1, -0.05) is 47.3 Å². The number of nitrogens with one attached hydrogen (secondary N) is 1. The van der Waals surface area contributed by atoms with Crippen LogP contribution < -0.4 is 10.1 Å². The first-order chi connectivity index (χ1) is 15.4. The van der Waals surface area contributed by atoms with Crippen LogP contribution in [0.5, 0.6) is 5.75 Å². The summed E-state index contributed by atoms with van der Waals surface area (Å²) in [5.41, 5.74) is 1.02. The summed E-state index contributed by atoms with van der Waals surface area (Å²) in [4.78, 5) is 39.1. The Morgan fingerprint density at radius 1 is 1.06 bits per heavy atom. The number of hydrogen-bond donors (Lipinski definition) is 1.